The Kier molecular flexibility index (Phi) is 11.1. The molecule has 1 aromatic carbocycles. The lowest BCUT2D eigenvalue weighted by atomic mass is 9.94. The van der Waals surface area contributed by atoms with Crippen LogP contribution in [0.2, 0.25) is 10.0 Å². The van der Waals surface area contributed by atoms with Crippen molar-refractivity contribution in [2.24, 2.45) is 0 Å². The lowest BCUT2D eigenvalue weighted by Crippen LogP contribution is -2.57. The molecule has 12 heteroatoms. The van der Waals surface area contributed by atoms with Crippen molar-refractivity contribution in [1.82, 2.24) is 14.0 Å². The normalized spacial score (nSPS) is 13.4. The summed E-state index contributed by atoms with van der Waals surface area (Å²) in [6.07, 6.45) is 5.51. The van der Waals surface area contributed by atoms with Crippen molar-refractivity contribution in [3.05, 3.63) is 57.8 Å². The van der Waals surface area contributed by atoms with Crippen molar-refractivity contribution in [3.63, 3.8) is 0 Å². The first-order valence-corrected chi connectivity index (χ1v) is 13.8. The Morgan fingerprint density at radius 1 is 1.03 bits per heavy atom. The zero-order valence-electron chi connectivity index (χ0n) is 20.6. The minimum Gasteiger partial charge on any atom is -0.480 e. The molecule has 0 saturated carbocycles. The number of aromatic nitrogens is 1. The van der Waals surface area contributed by atoms with Crippen molar-refractivity contribution >= 4 is 51.0 Å². The standard InChI is InChI=1S/C24H32Cl2N4O5S/c1-4-6-12-30(13-7-5-2)36(34,35)29-24(3,23(32)33)14-17-8-10-18(11-9-17)28-22(31)21-19(25)15-27-16-20(21)26/h8-11,15-16,29H,4-7,12-14H2,1-3H3,(H,28,31)(H,32,33)/t24-/m0/s1. The van der Waals surface area contributed by atoms with Crippen LogP contribution in [0.1, 0.15) is 62.4 Å². The summed E-state index contributed by atoms with van der Waals surface area (Å²) in [7, 11) is -4.04. The number of hydrogen-bond acceptors (Lipinski definition) is 5. The number of carbonyl (C=O) groups is 2. The predicted octanol–water partition coefficient (Wildman–Crippen LogP) is 4.76. The van der Waals surface area contributed by atoms with Gasteiger partial charge in [-0.1, -0.05) is 62.0 Å². The molecular weight excluding hydrogens is 527 g/mol. The SMILES string of the molecule is CCCCN(CCCC)S(=O)(=O)N[C@@](C)(Cc1ccc(NC(=O)c2c(Cl)cncc2Cl)cc1)C(=O)O. The van der Waals surface area contributed by atoms with Gasteiger partial charge in [0, 0.05) is 37.6 Å². The van der Waals surface area contributed by atoms with Gasteiger partial charge in [-0.3, -0.25) is 14.6 Å². The highest BCUT2D eigenvalue weighted by Gasteiger charge is 2.39. The number of nitrogens with zero attached hydrogens (tertiary/aromatic N) is 2. The summed E-state index contributed by atoms with van der Waals surface area (Å²) in [5, 5.41) is 12.8. The summed E-state index contributed by atoms with van der Waals surface area (Å²) in [5.74, 6) is -1.82. The molecule has 0 aliphatic carbocycles. The second kappa shape index (κ2) is 13.3. The van der Waals surface area contributed by atoms with E-state index in [1.54, 1.807) is 24.3 Å². The topological polar surface area (TPSA) is 129 Å². The van der Waals surface area contributed by atoms with E-state index in [2.05, 4.69) is 15.0 Å². The van der Waals surface area contributed by atoms with Gasteiger partial charge in [0.15, 0.2) is 0 Å². The van der Waals surface area contributed by atoms with Gasteiger partial charge in [-0.25, -0.2) is 0 Å². The molecule has 1 atom stereocenters. The molecule has 0 bridgehead atoms. The number of amides is 1. The van der Waals surface area contributed by atoms with E-state index in [0.717, 1.165) is 12.8 Å². The molecule has 0 unspecified atom stereocenters. The summed E-state index contributed by atoms with van der Waals surface area (Å²) < 4.78 is 29.9. The zero-order valence-corrected chi connectivity index (χ0v) is 22.9. The molecule has 1 heterocycles. The third-order valence-corrected chi connectivity index (χ3v) is 7.86. The molecule has 198 valence electrons. The van der Waals surface area contributed by atoms with Crippen LogP contribution in [0.5, 0.6) is 0 Å². The maximum Gasteiger partial charge on any atom is 0.324 e. The van der Waals surface area contributed by atoms with Gasteiger partial charge >= 0.3 is 5.97 Å². The highest BCUT2D eigenvalue weighted by atomic mass is 35.5. The molecule has 36 heavy (non-hydrogen) atoms. The van der Waals surface area contributed by atoms with Gasteiger partial charge in [-0.05, 0) is 37.5 Å². The second-order valence-corrected chi connectivity index (χ2v) is 11.1. The summed E-state index contributed by atoms with van der Waals surface area (Å²) in [6, 6.07) is 6.41. The van der Waals surface area contributed by atoms with Crippen LogP contribution in [0.3, 0.4) is 0 Å². The number of halogens is 2. The highest BCUT2D eigenvalue weighted by Crippen LogP contribution is 2.25. The number of benzene rings is 1. The van der Waals surface area contributed by atoms with Gasteiger partial charge in [0.05, 0.1) is 15.6 Å². The van der Waals surface area contributed by atoms with Crippen LogP contribution >= 0.6 is 23.2 Å². The van der Waals surface area contributed by atoms with E-state index in [9.17, 15) is 23.1 Å². The van der Waals surface area contributed by atoms with E-state index in [4.69, 9.17) is 23.2 Å². The number of hydrogen-bond donors (Lipinski definition) is 3. The second-order valence-electron chi connectivity index (χ2n) is 8.66. The molecule has 0 spiro atoms. The van der Waals surface area contributed by atoms with Crippen molar-refractivity contribution < 1.29 is 23.1 Å². The van der Waals surface area contributed by atoms with Crippen LogP contribution in [0.25, 0.3) is 0 Å². The number of carbonyl (C=O) groups excluding carboxylic acids is 1. The lowest BCUT2D eigenvalue weighted by molar-refractivity contribution is -0.143. The first-order valence-electron chi connectivity index (χ1n) is 11.6. The number of carboxylic acid groups (broad SMARTS) is 1. The quantitative estimate of drug-likeness (QED) is 0.306. The van der Waals surface area contributed by atoms with Gasteiger partial charge in [-0.15, -0.1) is 0 Å². The third kappa shape index (κ3) is 8.14. The minimum atomic E-state index is -4.04. The molecular formula is C24H32Cl2N4O5S. The molecule has 0 aliphatic heterocycles. The first-order chi connectivity index (χ1) is 16.9. The van der Waals surface area contributed by atoms with Crippen LogP contribution in [0.4, 0.5) is 5.69 Å². The smallest absolute Gasteiger partial charge is 0.324 e. The monoisotopic (exact) mass is 558 g/mol. The maximum atomic E-state index is 13.1. The maximum absolute atomic E-state index is 13.1. The summed E-state index contributed by atoms with van der Waals surface area (Å²) >= 11 is 12.1. The van der Waals surface area contributed by atoms with E-state index in [1.807, 2.05) is 13.8 Å². The Balaban J connectivity index is 2.18. The van der Waals surface area contributed by atoms with E-state index in [1.165, 1.54) is 23.6 Å². The Hall–Kier alpha value is -2.24. The number of aliphatic carboxylic acids is 1. The fraction of sp³-hybridized carbons (Fsp3) is 0.458. The molecule has 9 nitrogen and oxygen atoms in total. The van der Waals surface area contributed by atoms with E-state index in [-0.39, 0.29) is 22.0 Å². The number of rotatable bonds is 14. The van der Waals surface area contributed by atoms with Crippen molar-refractivity contribution in [2.45, 2.75) is 58.4 Å². The molecule has 0 saturated heterocycles. The van der Waals surface area contributed by atoms with Gasteiger partial charge in [-0.2, -0.15) is 17.4 Å². The summed E-state index contributed by atoms with van der Waals surface area (Å²) in [6.45, 7) is 5.91. The average molecular weight is 560 g/mol. The van der Waals surface area contributed by atoms with Gasteiger partial charge in [0.2, 0.25) is 0 Å². The number of anilines is 1. The Labute approximate surface area is 222 Å². The molecule has 0 aliphatic rings. The van der Waals surface area contributed by atoms with Crippen molar-refractivity contribution in [2.75, 3.05) is 18.4 Å². The van der Waals surface area contributed by atoms with E-state index < -0.39 is 27.6 Å². The number of nitrogens with one attached hydrogen (secondary N) is 2. The molecule has 0 fully saturated rings. The predicted molar refractivity (Wildman–Crippen MR) is 142 cm³/mol. The van der Waals surface area contributed by atoms with Crippen LogP contribution in [0.15, 0.2) is 36.7 Å². The zero-order chi connectivity index (χ0) is 26.9. The van der Waals surface area contributed by atoms with Gasteiger partial charge < -0.3 is 10.4 Å². The number of unbranched alkanes of at least 4 members (excludes halogenated alkanes) is 2. The molecule has 2 rings (SSSR count). The summed E-state index contributed by atoms with van der Waals surface area (Å²) in [4.78, 5) is 28.5. The molecule has 2 aromatic rings. The van der Waals surface area contributed by atoms with Crippen molar-refractivity contribution in [3.8, 4) is 0 Å². The third-order valence-electron chi connectivity index (χ3n) is 5.54. The molecule has 1 aromatic heterocycles. The Morgan fingerprint density at radius 3 is 2.03 bits per heavy atom. The first kappa shape index (κ1) is 30.0. The lowest BCUT2D eigenvalue weighted by Gasteiger charge is -2.30. The van der Waals surface area contributed by atoms with Crippen LogP contribution in [-0.2, 0) is 21.4 Å². The fourth-order valence-electron chi connectivity index (χ4n) is 3.46. The molecule has 0 radical (unpaired) electrons. The molecule has 1 amide bonds. The minimum absolute atomic E-state index is 0.0842. The molecule has 3 N–H and O–H groups in total. The van der Waals surface area contributed by atoms with E-state index in [0.29, 0.717) is 37.2 Å². The van der Waals surface area contributed by atoms with Crippen LogP contribution in [0, 0.1) is 0 Å². The van der Waals surface area contributed by atoms with Crippen LogP contribution < -0.4 is 10.0 Å². The fourth-order valence-corrected chi connectivity index (χ4v) is 5.59. The average Bonchev–Trinajstić information content (AvgIpc) is 2.79. The van der Waals surface area contributed by atoms with Gasteiger partial charge in [0.1, 0.15) is 5.54 Å². The highest BCUT2D eigenvalue weighted by molar-refractivity contribution is 7.87. The number of pyridine rings is 1. The Bertz CT molecular complexity index is 1130. The summed E-state index contributed by atoms with van der Waals surface area (Å²) in [5.41, 5.74) is -0.705. The Morgan fingerprint density at radius 2 is 1.56 bits per heavy atom. The number of carboxylic acids is 1. The van der Waals surface area contributed by atoms with Crippen LogP contribution in [-0.4, -0.2) is 53.3 Å². The van der Waals surface area contributed by atoms with Crippen molar-refractivity contribution in [1.29, 1.82) is 0 Å². The van der Waals surface area contributed by atoms with E-state index >= 15 is 0 Å². The van der Waals surface area contributed by atoms with Gasteiger partial charge in [0.25, 0.3) is 16.1 Å². The largest absolute Gasteiger partial charge is 0.480 e.